The number of nitrogens with zero attached hydrogens (tertiary/aromatic N) is 1. The highest BCUT2D eigenvalue weighted by atomic mass is 16.5. The minimum Gasteiger partial charge on any atom is -0.474 e. The second kappa shape index (κ2) is 8.95. The van der Waals surface area contributed by atoms with E-state index in [0.717, 1.165) is 18.7 Å². The Morgan fingerprint density at radius 1 is 1.05 bits per heavy atom. The van der Waals surface area contributed by atoms with E-state index in [1.165, 1.54) is 31.2 Å². The third kappa shape index (κ3) is 4.85. The van der Waals surface area contributed by atoms with Gasteiger partial charge in [0.1, 0.15) is 0 Å². The van der Waals surface area contributed by atoms with Crippen molar-refractivity contribution in [3.63, 3.8) is 0 Å². The van der Waals surface area contributed by atoms with Gasteiger partial charge in [0, 0.05) is 11.8 Å². The van der Waals surface area contributed by atoms with Crippen LogP contribution in [0.25, 0.3) is 0 Å². The van der Waals surface area contributed by atoms with Gasteiger partial charge in [-0.1, -0.05) is 46.6 Å². The summed E-state index contributed by atoms with van der Waals surface area (Å²) in [6.07, 6.45) is 9.08. The molecule has 0 aromatic carbocycles. The van der Waals surface area contributed by atoms with Gasteiger partial charge in [-0.15, -0.1) is 0 Å². The molecule has 0 amide bonds. The molecule has 0 atom stereocenters. The van der Waals surface area contributed by atoms with E-state index in [9.17, 15) is 0 Å². The highest BCUT2D eigenvalue weighted by Gasteiger charge is 2.17. The van der Waals surface area contributed by atoms with Crippen LogP contribution in [0.4, 0.5) is 0 Å². The first-order chi connectivity index (χ1) is 9.26. The second-order valence-electron chi connectivity index (χ2n) is 5.23. The van der Waals surface area contributed by atoms with E-state index < -0.39 is 0 Å². The Hall–Kier alpha value is -1.05. The summed E-state index contributed by atoms with van der Waals surface area (Å²) in [6, 6.07) is 4.23. The average Bonchev–Trinajstić information content (AvgIpc) is 2.45. The third-order valence-electron chi connectivity index (χ3n) is 3.70. The quantitative estimate of drug-likeness (QED) is 0.600. The van der Waals surface area contributed by atoms with Gasteiger partial charge in [0.05, 0.1) is 6.10 Å². The highest BCUT2D eigenvalue weighted by molar-refractivity contribution is 5.29. The fraction of sp³-hybridized carbons (Fsp3) is 0.706. The van der Waals surface area contributed by atoms with E-state index >= 15 is 0 Å². The summed E-state index contributed by atoms with van der Waals surface area (Å²) in [6.45, 7) is 8.85. The maximum absolute atomic E-state index is 6.11. The summed E-state index contributed by atoms with van der Waals surface area (Å²) in [5.74, 6) is 1.45. The molecule has 19 heavy (non-hydrogen) atoms. The lowest BCUT2D eigenvalue weighted by Gasteiger charge is -2.22. The summed E-state index contributed by atoms with van der Waals surface area (Å²) >= 11 is 0. The molecule has 108 valence electrons. The summed E-state index contributed by atoms with van der Waals surface area (Å²) < 4.78 is 6.11. The molecule has 2 nitrogen and oxygen atoms in total. The molecule has 0 fully saturated rings. The van der Waals surface area contributed by atoms with Gasteiger partial charge in [-0.3, -0.25) is 0 Å². The number of aromatic nitrogens is 1. The van der Waals surface area contributed by atoms with Gasteiger partial charge in [0.2, 0.25) is 5.88 Å². The Balaban J connectivity index is 2.91. The molecule has 1 heterocycles. The molecule has 1 rings (SSSR count). The fourth-order valence-corrected chi connectivity index (χ4v) is 2.58. The third-order valence-corrected chi connectivity index (χ3v) is 3.70. The van der Waals surface area contributed by atoms with Crippen molar-refractivity contribution in [3.8, 4) is 5.88 Å². The van der Waals surface area contributed by atoms with Crippen LogP contribution in [0.2, 0.25) is 0 Å². The lowest BCUT2D eigenvalue weighted by Crippen LogP contribution is -2.16. The zero-order chi connectivity index (χ0) is 14.1. The van der Waals surface area contributed by atoms with Gasteiger partial charge in [-0.05, 0) is 37.7 Å². The first-order valence-corrected chi connectivity index (χ1v) is 7.88. The minimum atomic E-state index is 0.289. The summed E-state index contributed by atoms with van der Waals surface area (Å²) in [5.41, 5.74) is 1.30. The molecular formula is C17H29NO. The minimum absolute atomic E-state index is 0.289. The molecule has 0 aliphatic rings. The normalized spacial score (nSPS) is 11.3. The van der Waals surface area contributed by atoms with Crippen molar-refractivity contribution >= 4 is 0 Å². The van der Waals surface area contributed by atoms with Crippen molar-refractivity contribution in [2.45, 2.75) is 78.2 Å². The van der Waals surface area contributed by atoms with Crippen LogP contribution < -0.4 is 4.74 Å². The van der Waals surface area contributed by atoms with Crippen molar-refractivity contribution in [1.29, 1.82) is 0 Å². The van der Waals surface area contributed by atoms with E-state index in [-0.39, 0.29) is 6.10 Å². The van der Waals surface area contributed by atoms with E-state index in [0.29, 0.717) is 5.92 Å². The summed E-state index contributed by atoms with van der Waals surface area (Å²) in [7, 11) is 0. The van der Waals surface area contributed by atoms with Gasteiger partial charge in [-0.25, -0.2) is 4.98 Å². The molecule has 0 saturated heterocycles. The van der Waals surface area contributed by atoms with Crippen LogP contribution in [0.1, 0.15) is 77.7 Å². The highest BCUT2D eigenvalue weighted by Crippen LogP contribution is 2.32. The van der Waals surface area contributed by atoms with Crippen molar-refractivity contribution in [3.05, 3.63) is 23.9 Å². The van der Waals surface area contributed by atoms with Crippen LogP contribution in [-0.2, 0) is 0 Å². The molecule has 0 saturated carbocycles. The molecular weight excluding hydrogens is 234 g/mol. The number of hydrogen-bond donors (Lipinski definition) is 0. The van der Waals surface area contributed by atoms with E-state index in [1.807, 2.05) is 12.3 Å². The van der Waals surface area contributed by atoms with Crippen molar-refractivity contribution in [1.82, 2.24) is 4.98 Å². The number of rotatable bonds is 9. The van der Waals surface area contributed by atoms with Gasteiger partial charge in [0.25, 0.3) is 0 Å². The zero-order valence-corrected chi connectivity index (χ0v) is 13.0. The van der Waals surface area contributed by atoms with Crippen LogP contribution >= 0.6 is 0 Å². The first kappa shape index (κ1) is 16.0. The van der Waals surface area contributed by atoms with Crippen molar-refractivity contribution < 1.29 is 4.74 Å². The zero-order valence-electron chi connectivity index (χ0n) is 13.0. The molecule has 0 unspecified atom stereocenters. The monoisotopic (exact) mass is 263 g/mol. The molecule has 0 bridgehead atoms. The second-order valence-corrected chi connectivity index (χ2v) is 5.23. The molecule has 0 aliphatic carbocycles. The van der Waals surface area contributed by atoms with E-state index in [2.05, 4.69) is 38.7 Å². The Kier molecular flexibility index (Phi) is 7.54. The first-order valence-electron chi connectivity index (χ1n) is 7.88. The van der Waals surface area contributed by atoms with Crippen LogP contribution in [0.5, 0.6) is 5.88 Å². The predicted octanol–water partition coefficient (Wildman–Crippen LogP) is 5.33. The van der Waals surface area contributed by atoms with Gasteiger partial charge in [0.15, 0.2) is 0 Å². The van der Waals surface area contributed by atoms with Gasteiger partial charge >= 0.3 is 0 Å². The Bertz CT molecular complexity index is 341. The molecule has 2 heteroatoms. The lowest BCUT2D eigenvalue weighted by atomic mass is 9.91. The fourth-order valence-electron chi connectivity index (χ4n) is 2.58. The van der Waals surface area contributed by atoms with Gasteiger partial charge in [-0.2, -0.15) is 0 Å². The smallest absolute Gasteiger partial charge is 0.217 e. The van der Waals surface area contributed by atoms with E-state index in [1.54, 1.807) is 0 Å². The number of hydrogen-bond acceptors (Lipinski definition) is 2. The Morgan fingerprint density at radius 2 is 1.68 bits per heavy atom. The Labute approximate surface area is 118 Å². The number of ether oxygens (including phenoxy) is 1. The summed E-state index contributed by atoms with van der Waals surface area (Å²) in [4.78, 5) is 4.48. The largest absolute Gasteiger partial charge is 0.474 e. The van der Waals surface area contributed by atoms with Crippen LogP contribution in [0, 0.1) is 0 Å². The lowest BCUT2D eigenvalue weighted by molar-refractivity contribution is 0.181. The predicted molar refractivity (Wildman–Crippen MR) is 81.8 cm³/mol. The van der Waals surface area contributed by atoms with Crippen LogP contribution in [-0.4, -0.2) is 11.1 Å². The molecule has 0 N–H and O–H groups in total. The molecule has 0 spiro atoms. The maximum Gasteiger partial charge on any atom is 0.217 e. The van der Waals surface area contributed by atoms with Crippen molar-refractivity contribution in [2.24, 2.45) is 0 Å². The molecule has 0 aliphatic heterocycles. The van der Waals surface area contributed by atoms with Crippen LogP contribution in [0.15, 0.2) is 18.3 Å². The van der Waals surface area contributed by atoms with Crippen molar-refractivity contribution in [2.75, 3.05) is 0 Å². The molecule has 0 radical (unpaired) electrons. The molecule has 1 aromatic heterocycles. The van der Waals surface area contributed by atoms with Crippen LogP contribution in [0.3, 0.4) is 0 Å². The standard InChI is InChI=1S/C17H29NO/c1-5-10-14(11-6-2)16-12-9-13-18-17(16)19-15(7-3)8-4/h9,12-15H,5-8,10-11H2,1-4H3. The molecule has 1 aromatic rings. The topological polar surface area (TPSA) is 22.1 Å². The average molecular weight is 263 g/mol. The van der Waals surface area contributed by atoms with E-state index in [4.69, 9.17) is 4.74 Å². The summed E-state index contributed by atoms with van der Waals surface area (Å²) in [5, 5.41) is 0. The maximum atomic E-state index is 6.11. The SMILES string of the molecule is CCCC(CCC)c1cccnc1OC(CC)CC. The Morgan fingerprint density at radius 3 is 2.21 bits per heavy atom. The number of pyridine rings is 1. The van der Waals surface area contributed by atoms with Gasteiger partial charge < -0.3 is 4.74 Å².